The van der Waals surface area contributed by atoms with Crippen molar-refractivity contribution >= 4 is 22.0 Å². The third kappa shape index (κ3) is 6.50. The summed E-state index contributed by atoms with van der Waals surface area (Å²) in [5, 5.41) is 2.57. The molecule has 0 radical (unpaired) electrons. The van der Waals surface area contributed by atoms with Crippen molar-refractivity contribution in [2.75, 3.05) is 13.1 Å². The number of rotatable bonds is 6. The van der Waals surface area contributed by atoms with Crippen molar-refractivity contribution in [1.29, 1.82) is 0 Å². The minimum atomic E-state index is -3.49. The van der Waals surface area contributed by atoms with E-state index in [1.165, 1.54) is 40.7 Å². The minimum Gasteiger partial charge on any atom is -0.333 e. The third-order valence-corrected chi connectivity index (χ3v) is 6.84. The Morgan fingerprint density at radius 2 is 1.48 bits per heavy atom. The SMILES string of the molecule is O=C(Cc1ccc(F)cc1)NNC(=O)NCc1ccc(S(=O)(=O)N2CCCCC2)cc1. The van der Waals surface area contributed by atoms with E-state index in [0.717, 1.165) is 19.3 Å². The largest absolute Gasteiger partial charge is 0.333 e. The lowest BCUT2D eigenvalue weighted by atomic mass is 10.1. The van der Waals surface area contributed by atoms with Crippen LogP contribution < -0.4 is 16.2 Å². The van der Waals surface area contributed by atoms with Gasteiger partial charge in [0, 0.05) is 19.6 Å². The molecule has 0 unspecified atom stereocenters. The first-order chi connectivity index (χ1) is 14.8. The molecule has 0 atom stereocenters. The van der Waals surface area contributed by atoms with Crippen LogP contribution in [0.1, 0.15) is 30.4 Å². The summed E-state index contributed by atoms with van der Waals surface area (Å²) in [6.45, 7) is 1.24. The average Bonchev–Trinajstić information content (AvgIpc) is 2.79. The molecule has 2 aromatic carbocycles. The van der Waals surface area contributed by atoms with Gasteiger partial charge < -0.3 is 5.32 Å². The topological polar surface area (TPSA) is 108 Å². The van der Waals surface area contributed by atoms with Crippen molar-refractivity contribution in [2.45, 2.75) is 37.1 Å². The van der Waals surface area contributed by atoms with Gasteiger partial charge in [-0.2, -0.15) is 4.31 Å². The van der Waals surface area contributed by atoms with Crippen LogP contribution in [0, 0.1) is 5.82 Å². The molecule has 1 heterocycles. The van der Waals surface area contributed by atoms with Gasteiger partial charge in [-0.05, 0) is 48.2 Å². The molecule has 10 heteroatoms. The van der Waals surface area contributed by atoms with E-state index in [2.05, 4.69) is 16.2 Å². The Morgan fingerprint density at radius 3 is 2.13 bits per heavy atom. The molecule has 1 aliphatic rings. The van der Waals surface area contributed by atoms with Crippen molar-refractivity contribution in [3.05, 3.63) is 65.5 Å². The number of piperidine rings is 1. The lowest BCUT2D eigenvalue weighted by molar-refractivity contribution is -0.121. The summed E-state index contributed by atoms with van der Waals surface area (Å²) in [4.78, 5) is 23.9. The van der Waals surface area contributed by atoms with E-state index >= 15 is 0 Å². The molecule has 1 fully saturated rings. The molecule has 0 saturated carbocycles. The van der Waals surface area contributed by atoms with E-state index in [1.807, 2.05) is 0 Å². The molecule has 2 aromatic rings. The third-order valence-electron chi connectivity index (χ3n) is 4.92. The second-order valence-electron chi connectivity index (χ2n) is 7.27. The molecule has 8 nitrogen and oxygen atoms in total. The van der Waals surface area contributed by atoms with Gasteiger partial charge in [-0.25, -0.2) is 23.0 Å². The van der Waals surface area contributed by atoms with Crippen molar-refractivity contribution in [3.8, 4) is 0 Å². The summed E-state index contributed by atoms with van der Waals surface area (Å²) in [6.07, 6.45) is 2.78. The number of nitrogens with one attached hydrogen (secondary N) is 3. The maximum Gasteiger partial charge on any atom is 0.333 e. The van der Waals surface area contributed by atoms with Gasteiger partial charge in [-0.3, -0.25) is 10.2 Å². The highest BCUT2D eigenvalue weighted by atomic mass is 32.2. The van der Waals surface area contributed by atoms with E-state index in [4.69, 9.17) is 0 Å². The zero-order chi connectivity index (χ0) is 22.3. The van der Waals surface area contributed by atoms with Crippen molar-refractivity contribution in [3.63, 3.8) is 0 Å². The van der Waals surface area contributed by atoms with Gasteiger partial charge in [0.15, 0.2) is 0 Å². The summed E-state index contributed by atoms with van der Waals surface area (Å²) >= 11 is 0. The highest BCUT2D eigenvalue weighted by molar-refractivity contribution is 7.89. The quantitative estimate of drug-likeness (QED) is 0.588. The predicted octanol–water partition coefficient (Wildman–Crippen LogP) is 2.07. The van der Waals surface area contributed by atoms with Gasteiger partial charge in [0.1, 0.15) is 5.82 Å². The predicted molar refractivity (Wildman–Crippen MR) is 113 cm³/mol. The fourth-order valence-corrected chi connectivity index (χ4v) is 4.74. The zero-order valence-electron chi connectivity index (χ0n) is 16.9. The number of hydrogen-bond donors (Lipinski definition) is 3. The van der Waals surface area contributed by atoms with Gasteiger partial charge in [-0.1, -0.05) is 30.7 Å². The minimum absolute atomic E-state index is 0.00643. The first kappa shape index (κ1) is 22.7. The summed E-state index contributed by atoms with van der Waals surface area (Å²) in [5.41, 5.74) is 5.83. The number of hydrogen-bond acceptors (Lipinski definition) is 4. The number of hydrazine groups is 1. The summed E-state index contributed by atoms with van der Waals surface area (Å²) in [6, 6.07) is 11.2. The monoisotopic (exact) mass is 448 g/mol. The van der Waals surface area contributed by atoms with Crippen molar-refractivity contribution in [1.82, 2.24) is 20.5 Å². The van der Waals surface area contributed by atoms with Crippen LogP contribution in [0.3, 0.4) is 0 Å². The van der Waals surface area contributed by atoms with Crippen LogP contribution in [0.15, 0.2) is 53.4 Å². The number of benzene rings is 2. The number of amides is 3. The van der Waals surface area contributed by atoms with Gasteiger partial charge >= 0.3 is 6.03 Å². The number of nitrogens with zero attached hydrogens (tertiary/aromatic N) is 1. The zero-order valence-corrected chi connectivity index (χ0v) is 17.8. The highest BCUT2D eigenvalue weighted by Crippen LogP contribution is 2.20. The van der Waals surface area contributed by atoms with Crippen LogP contribution in [-0.4, -0.2) is 37.8 Å². The summed E-state index contributed by atoms with van der Waals surface area (Å²) in [7, 11) is -3.49. The molecule has 166 valence electrons. The maximum absolute atomic E-state index is 12.9. The van der Waals surface area contributed by atoms with Crippen LogP contribution >= 0.6 is 0 Å². The molecule has 3 amide bonds. The highest BCUT2D eigenvalue weighted by Gasteiger charge is 2.25. The summed E-state index contributed by atoms with van der Waals surface area (Å²) in [5.74, 6) is -0.840. The Balaban J connectivity index is 1.43. The number of carbonyl (C=O) groups is 2. The molecule has 0 aliphatic carbocycles. The van der Waals surface area contributed by atoms with Gasteiger partial charge in [-0.15, -0.1) is 0 Å². The standard InChI is InChI=1S/C21H25FN4O4S/c22-18-8-4-16(5-9-18)14-20(27)24-25-21(28)23-15-17-6-10-19(11-7-17)31(29,30)26-12-2-1-3-13-26/h4-11H,1-3,12-15H2,(H,24,27)(H2,23,25,28). The fraction of sp³-hybridized carbons (Fsp3) is 0.333. The van der Waals surface area contributed by atoms with Crippen LogP contribution in [0.25, 0.3) is 0 Å². The Morgan fingerprint density at radius 1 is 0.871 bits per heavy atom. The molecular weight excluding hydrogens is 423 g/mol. The normalized spacial score (nSPS) is 14.6. The lowest BCUT2D eigenvalue weighted by Gasteiger charge is -2.25. The van der Waals surface area contributed by atoms with Gasteiger partial charge in [0.25, 0.3) is 0 Å². The lowest BCUT2D eigenvalue weighted by Crippen LogP contribution is -2.47. The van der Waals surface area contributed by atoms with E-state index in [9.17, 15) is 22.4 Å². The molecule has 1 aliphatic heterocycles. The Hall–Kier alpha value is -2.98. The van der Waals surface area contributed by atoms with Gasteiger partial charge in [0.05, 0.1) is 11.3 Å². The Kier molecular flexibility index (Phi) is 7.59. The molecule has 0 bridgehead atoms. The number of sulfonamides is 1. The first-order valence-electron chi connectivity index (χ1n) is 10.0. The van der Waals surface area contributed by atoms with E-state index in [1.54, 1.807) is 12.1 Å². The van der Waals surface area contributed by atoms with Gasteiger partial charge in [0.2, 0.25) is 15.9 Å². The number of urea groups is 1. The number of carbonyl (C=O) groups excluding carboxylic acids is 2. The number of halogens is 1. The fourth-order valence-electron chi connectivity index (χ4n) is 3.22. The Bertz CT molecular complexity index is 1000. The second-order valence-corrected chi connectivity index (χ2v) is 9.21. The molecule has 31 heavy (non-hydrogen) atoms. The van der Waals surface area contributed by atoms with E-state index in [0.29, 0.717) is 24.2 Å². The first-order valence-corrected chi connectivity index (χ1v) is 11.4. The molecule has 0 aromatic heterocycles. The van der Waals surface area contributed by atoms with Crippen LogP contribution in [0.5, 0.6) is 0 Å². The molecule has 3 rings (SSSR count). The van der Waals surface area contributed by atoms with Crippen molar-refractivity contribution in [2.24, 2.45) is 0 Å². The molecular formula is C21H25FN4O4S. The average molecular weight is 449 g/mol. The van der Waals surface area contributed by atoms with Crippen LogP contribution in [-0.2, 0) is 27.8 Å². The maximum atomic E-state index is 12.9. The smallest absolute Gasteiger partial charge is 0.333 e. The molecule has 0 spiro atoms. The van der Waals surface area contributed by atoms with Crippen LogP contribution in [0.4, 0.5) is 9.18 Å². The van der Waals surface area contributed by atoms with E-state index < -0.39 is 27.8 Å². The van der Waals surface area contributed by atoms with E-state index in [-0.39, 0.29) is 17.9 Å². The summed E-state index contributed by atoms with van der Waals surface area (Å²) < 4.78 is 39.7. The second kappa shape index (κ2) is 10.4. The molecule has 1 saturated heterocycles. The Labute approximate surface area is 180 Å². The van der Waals surface area contributed by atoms with Crippen LogP contribution in [0.2, 0.25) is 0 Å². The van der Waals surface area contributed by atoms with Crippen molar-refractivity contribution < 1.29 is 22.4 Å². The molecule has 3 N–H and O–H groups in total.